The molecule has 220 valence electrons. The molecule has 2 heterocycles. The SMILES string of the molecule is O=C(N=C1SCC(=O)N1c1ccccc1C(F)F)N/N=C/c1ccc(-c2ncn(-c3ccc(OC(F)(F)F)cc3)n2)cc1. The number of carbonyl (C=O) groups is 2. The molecule has 1 aliphatic rings. The Labute approximate surface area is 243 Å². The molecule has 0 unspecified atom stereocenters. The molecule has 0 saturated carbocycles. The summed E-state index contributed by atoms with van der Waals surface area (Å²) >= 11 is 0.943. The lowest BCUT2D eigenvalue weighted by Gasteiger charge is -2.19. The fourth-order valence-corrected chi connectivity index (χ4v) is 4.73. The van der Waals surface area contributed by atoms with Crippen LogP contribution in [0.25, 0.3) is 17.1 Å². The van der Waals surface area contributed by atoms with E-state index in [-0.39, 0.29) is 27.9 Å². The highest BCUT2D eigenvalue weighted by Gasteiger charge is 2.33. The van der Waals surface area contributed by atoms with Gasteiger partial charge in [0.15, 0.2) is 11.0 Å². The number of rotatable bonds is 7. The predicted octanol–water partition coefficient (Wildman–Crippen LogP) is 5.95. The normalized spacial score (nSPS) is 14.7. The molecule has 5 rings (SSSR count). The number of alkyl halides is 5. The van der Waals surface area contributed by atoms with Crippen LogP contribution in [0, 0.1) is 0 Å². The average molecular weight is 616 g/mol. The van der Waals surface area contributed by atoms with E-state index in [4.69, 9.17) is 0 Å². The number of hydrogen-bond acceptors (Lipinski definition) is 7. The molecule has 16 heteroatoms. The Bertz CT molecular complexity index is 1690. The van der Waals surface area contributed by atoms with Crippen LogP contribution in [0.15, 0.2) is 89.2 Å². The second kappa shape index (κ2) is 12.4. The van der Waals surface area contributed by atoms with Gasteiger partial charge >= 0.3 is 12.4 Å². The topological polar surface area (TPSA) is 114 Å². The van der Waals surface area contributed by atoms with Crippen molar-refractivity contribution in [2.45, 2.75) is 12.8 Å². The Morgan fingerprint density at radius 3 is 2.47 bits per heavy atom. The number of amides is 3. The van der Waals surface area contributed by atoms with Gasteiger partial charge in [-0.2, -0.15) is 10.1 Å². The monoisotopic (exact) mass is 615 g/mol. The van der Waals surface area contributed by atoms with Gasteiger partial charge in [-0.1, -0.05) is 54.2 Å². The predicted molar refractivity (Wildman–Crippen MR) is 148 cm³/mol. The van der Waals surface area contributed by atoms with Crippen molar-refractivity contribution >= 4 is 40.8 Å². The van der Waals surface area contributed by atoms with Crippen LogP contribution in [0.4, 0.5) is 32.4 Å². The molecule has 10 nitrogen and oxygen atoms in total. The summed E-state index contributed by atoms with van der Waals surface area (Å²) in [5.41, 5.74) is 3.50. The molecule has 3 amide bonds. The summed E-state index contributed by atoms with van der Waals surface area (Å²) < 4.78 is 69.2. The number of nitrogens with zero attached hydrogens (tertiary/aromatic N) is 6. The molecule has 1 N–H and O–H groups in total. The Morgan fingerprint density at radius 2 is 1.77 bits per heavy atom. The highest BCUT2D eigenvalue weighted by atomic mass is 32.2. The number of ether oxygens (including phenoxy) is 1. The highest BCUT2D eigenvalue weighted by molar-refractivity contribution is 8.15. The minimum Gasteiger partial charge on any atom is -0.406 e. The summed E-state index contributed by atoms with van der Waals surface area (Å²) in [5, 5.41) is 8.13. The largest absolute Gasteiger partial charge is 0.573 e. The summed E-state index contributed by atoms with van der Waals surface area (Å²) in [4.78, 5) is 33.7. The van der Waals surface area contributed by atoms with Crippen LogP contribution in [-0.4, -0.2) is 50.2 Å². The van der Waals surface area contributed by atoms with E-state index in [1.807, 2.05) is 0 Å². The molecule has 0 aliphatic carbocycles. The maximum Gasteiger partial charge on any atom is 0.573 e. The van der Waals surface area contributed by atoms with Gasteiger partial charge < -0.3 is 4.74 Å². The minimum atomic E-state index is -4.79. The first-order valence-corrected chi connectivity index (χ1v) is 13.2. The van der Waals surface area contributed by atoms with Crippen molar-refractivity contribution in [2.75, 3.05) is 10.7 Å². The van der Waals surface area contributed by atoms with Gasteiger partial charge in [0, 0.05) is 11.1 Å². The van der Waals surface area contributed by atoms with Crippen LogP contribution in [0.5, 0.6) is 5.75 Å². The number of aromatic nitrogens is 3. The third-order valence-corrected chi connectivity index (χ3v) is 6.67. The molecule has 0 spiro atoms. The quantitative estimate of drug-likeness (QED) is 0.156. The lowest BCUT2D eigenvalue weighted by atomic mass is 10.1. The van der Waals surface area contributed by atoms with Gasteiger partial charge in [-0.3, -0.25) is 9.69 Å². The molecule has 0 radical (unpaired) electrons. The number of benzene rings is 3. The Balaban J connectivity index is 1.21. The summed E-state index contributed by atoms with van der Waals surface area (Å²) in [5.74, 6) is -0.552. The van der Waals surface area contributed by atoms with E-state index in [0.29, 0.717) is 22.6 Å². The van der Waals surface area contributed by atoms with Crippen LogP contribution in [0.2, 0.25) is 0 Å². The summed E-state index contributed by atoms with van der Waals surface area (Å²) in [6.07, 6.45) is -4.86. The van der Waals surface area contributed by atoms with Crippen molar-refractivity contribution in [3.05, 3.63) is 90.3 Å². The van der Waals surface area contributed by atoms with Crippen LogP contribution in [0.3, 0.4) is 0 Å². The van der Waals surface area contributed by atoms with E-state index in [0.717, 1.165) is 28.8 Å². The molecule has 43 heavy (non-hydrogen) atoms. The smallest absolute Gasteiger partial charge is 0.406 e. The fraction of sp³-hybridized carbons (Fsp3) is 0.111. The first-order valence-electron chi connectivity index (χ1n) is 12.2. The van der Waals surface area contributed by atoms with Gasteiger partial charge in [0.25, 0.3) is 6.43 Å². The number of aliphatic imine (C=N–C) groups is 1. The number of anilines is 1. The molecule has 1 saturated heterocycles. The number of halogens is 5. The summed E-state index contributed by atoms with van der Waals surface area (Å²) in [7, 11) is 0. The summed E-state index contributed by atoms with van der Waals surface area (Å²) in [6.45, 7) is 0. The van der Waals surface area contributed by atoms with E-state index in [1.165, 1.54) is 53.6 Å². The molecule has 1 aromatic heterocycles. The number of carbonyl (C=O) groups excluding carboxylic acids is 2. The molecule has 4 aromatic rings. The Morgan fingerprint density at radius 1 is 1.05 bits per heavy atom. The van der Waals surface area contributed by atoms with Gasteiger partial charge in [-0.25, -0.2) is 28.7 Å². The number of thioether (sulfide) groups is 1. The van der Waals surface area contributed by atoms with Crippen molar-refractivity contribution < 1.29 is 36.3 Å². The first-order chi connectivity index (χ1) is 20.6. The van der Waals surface area contributed by atoms with E-state index in [1.54, 1.807) is 24.3 Å². The van der Waals surface area contributed by atoms with E-state index < -0.39 is 24.7 Å². The lowest BCUT2D eigenvalue weighted by Crippen LogP contribution is -2.31. The number of para-hydroxylation sites is 1. The zero-order valence-electron chi connectivity index (χ0n) is 21.6. The van der Waals surface area contributed by atoms with Crippen molar-refractivity contribution in [1.82, 2.24) is 20.2 Å². The maximum absolute atomic E-state index is 13.4. The van der Waals surface area contributed by atoms with E-state index >= 15 is 0 Å². The van der Waals surface area contributed by atoms with Crippen molar-refractivity contribution in [2.24, 2.45) is 10.1 Å². The molecule has 1 aliphatic heterocycles. The molecule has 0 bridgehead atoms. The van der Waals surface area contributed by atoms with Gasteiger partial charge in [-0.05, 0) is 35.9 Å². The van der Waals surface area contributed by atoms with Crippen molar-refractivity contribution in [1.29, 1.82) is 0 Å². The van der Waals surface area contributed by atoms with Crippen molar-refractivity contribution in [3.8, 4) is 22.8 Å². The minimum absolute atomic E-state index is 0.0459. The number of amidine groups is 1. The molecule has 3 aromatic carbocycles. The van der Waals surface area contributed by atoms with Crippen molar-refractivity contribution in [3.63, 3.8) is 0 Å². The second-order valence-electron chi connectivity index (χ2n) is 8.62. The fourth-order valence-electron chi connectivity index (χ4n) is 3.87. The molecular formula is C27H18F5N7O3S. The van der Waals surface area contributed by atoms with Gasteiger partial charge in [0.1, 0.15) is 12.1 Å². The van der Waals surface area contributed by atoms with Crippen LogP contribution in [0.1, 0.15) is 17.6 Å². The Hall–Kier alpha value is -5.12. The zero-order chi connectivity index (χ0) is 30.6. The van der Waals surface area contributed by atoms with E-state index in [9.17, 15) is 31.5 Å². The van der Waals surface area contributed by atoms with Crippen LogP contribution in [-0.2, 0) is 4.79 Å². The summed E-state index contributed by atoms with van der Waals surface area (Å²) in [6, 6.07) is 16.5. The van der Waals surface area contributed by atoms with Crippen LogP contribution < -0.4 is 15.1 Å². The molecule has 0 atom stereocenters. The number of urea groups is 1. The number of hydrogen-bond donors (Lipinski definition) is 1. The maximum atomic E-state index is 13.4. The number of hydrazone groups is 1. The van der Waals surface area contributed by atoms with E-state index in [2.05, 4.69) is 30.3 Å². The number of nitrogens with one attached hydrogen (secondary N) is 1. The third kappa shape index (κ3) is 7.21. The van der Waals surface area contributed by atoms with Crippen LogP contribution >= 0.6 is 11.8 Å². The Kier molecular flexibility index (Phi) is 8.47. The zero-order valence-corrected chi connectivity index (χ0v) is 22.4. The van der Waals surface area contributed by atoms with Gasteiger partial charge in [0.05, 0.1) is 23.3 Å². The standard InChI is InChI=1S/C27H18F5N7O3S/c28-23(29)20-3-1-2-4-21(20)39-22(40)14-43-26(39)35-25(41)36-34-13-16-5-7-17(8-6-16)24-33-15-38(37-24)18-9-11-19(12-10-18)42-27(30,31)32/h1-13,15,23H,14H2,(H,36,41)/b34-13+,35-26?. The molecule has 1 fully saturated rings. The third-order valence-electron chi connectivity index (χ3n) is 5.74. The van der Waals surface area contributed by atoms with Gasteiger partial charge in [0.2, 0.25) is 5.91 Å². The second-order valence-corrected chi connectivity index (χ2v) is 9.57. The first kappa shape index (κ1) is 29.4. The highest BCUT2D eigenvalue weighted by Crippen LogP contribution is 2.34. The molecular weight excluding hydrogens is 597 g/mol. The van der Waals surface area contributed by atoms with Gasteiger partial charge in [-0.15, -0.1) is 18.3 Å². The average Bonchev–Trinajstić information content (AvgIpc) is 3.60. The lowest BCUT2D eigenvalue weighted by molar-refractivity contribution is -0.274.